The van der Waals surface area contributed by atoms with Crippen LogP contribution in [0.15, 0.2) is 54.1 Å². The van der Waals surface area contributed by atoms with Crippen molar-refractivity contribution < 1.29 is 28.9 Å². The van der Waals surface area contributed by atoms with Gasteiger partial charge in [-0.05, 0) is 36.8 Å². The Morgan fingerprint density at radius 2 is 1.80 bits per heavy atom. The van der Waals surface area contributed by atoms with Crippen LogP contribution in [-0.4, -0.2) is 55.7 Å². The first kappa shape index (κ1) is 21.4. The molecule has 0 radical (unpaired) electrons. The van der Waals surface area contributed by atoms with Crippen LogP contribution in [0.25, 0.3) is 5.76 Å². The second-order valence-electron chi connectivity index (χ2n) is 6.72. The van der Waals surface area contributed by atoms with Gasteiger partial charge < -0.3 is 24.2 Å². The summed E-state index contributed by atoms with van der Waals surface area (Å²) in [6.07, 6.45) is 0. The lowest BCUT2D eigenvalue weighted by Gasteiger charge is -2.25. The minimum atomic E-state index is -0.758. The van der Waals surface area contributed by atoms with Gasteiger partial charge in [-0.25, -0.2) is 0 Å². The Morgan fingerprint density at radius 3 is 2.50 bits per heavy atom. The number of nitrogens with zero attached hydrogens (tertiary/aromatic N) is 1. The molecule has 0 aliphatic carbocycles. The number of likely N-dealkylation sites (tertiary alicyclic amines) is 1. The van der Waals surface area contributed by atoms with Crippen molar-refractivity contribution in [2.24, 2.45) is 0 Å². The highest BCUT2D eigenvalue weighted by atomic mass is 16.5. The number of hydrogen-bond donors (Lipinski definition) is 1. The van der Waals surface area contributed by atoms with Crippen LogP contribution in [0.3, 0.4) is 0 Å². The van der Waals surface area contributed by atoms with Crippen molar-refractivity contribution in [2.75, 3.05) is 34.0 Å². The number of ketones is 1. The quantitative estimate of drug-likeness (QED) is 0.408. The van der Waals surface area contributed by atoms with E-state index in [2.05, 4.69) is 0 Å². The first-order valence-electron chi connectivity index (χ1n) is 9.66. The predicted molar refractivity (Wildman–Crippen MR) is 111 cm³/mol. The first-order valence-corrected chi connectivity index (χ1v) is 9.66. The standard InChI is InChI=1S/C23H25NO6/c1-4-30-18-10-5-7-15(13-18)20-19(22(26)23(27)24(20)11-12-28-2)21(25)16-8-6-9-17(14-16)29-3/h5-10,13-14,20,25H,4,11-12H2,1-3H3/b21-19-. The first-order chi connectivity index (χ1) is 14.5. The van der Waals surface area contributed by atoms with Crippen LogP contribution in [0.2, 0.25) is 0 Å². The third kappa shape index (κ3) is 4.16. The van der Waals surface area contributed by atoms with Crippen molar-refractivity contribution >= 4 is 17.4 Å². The minimum absolute atomic E-state index is 0.0259. The van der Waals surface area contributed by atoms with Gasteiger partial charge in [-0.1, -0.05) is 24.3 Å². The fraction of sp³-hybridized carbons (Fsp3) is 0.304. The Balaban J connectivity index is 2.16. The average Bonchev–Trinajstić information content (AvgIpc) is 3.02. The van der Waals surface area contributed by atoms with Gasteiger partial charge in [0, 0.05) is 19.2 Å². The molecule has 1 atom stereocenters. The smallest absolute Gasteiger partial charge is 0.295 e. The highest BCUT2D eigenvalue weighted by Gasteiger charge is 2.46. The van der Waals surface area contributed by atoms with Crippen molar-refractivity contribution in [3.63, 3.8) is 0 Å². The topological polar surface area (TPSA) is 85.3 Å². The number of carbonyl (C=O) groups is 2. The van der Waals surface area contributed by atoms with E-state index in [1.54, 1.807) is 48.5 Å². The minimum Gasteiger partial charge on any atom is -0.507 e. The van der Waals surface area contributed by atoms with Crippen LogP contribution in [-0.2, 0) is 14.3 Å². The van der Waals surface area contributed by atoms with E-state index < -0.39 is 17.7 Å². The van der Waals surface area contributed by atoms with Crippen LogP contribution in [0.1, 0.15) is 24.1 Å². The molecule has 0 bridgehead atoms. The van der Waals surface area contributed by atoms with Crippen molar-refractivity contribution in [2.45, 2.75) is 13.0 Å². The van der Waals surface area contributed by atoms with Gasteiger partial charge in [-0.15, -0.1) is 0 Å². The van der Waals surface area contributed by atoms with E-state index in [-0.39, 0.29) is 24.5 Å². The number of aliphatic hydroxyl groups excluding tert-OH is 1. The van der Waals surface area contributed by atoms with E-state index in [1.165, 1.54) is 19.1 Å². The molecule has 30 heavy (non-hydrogen) atoms. The van der Waals surface area contributed by atoms with Gasteiger partial charge in [-0.2, -0.15) is 0 Å². The number of benzene rings is 2. The molecule has 1 aliphatic heterocycles. The Morgan fingerprint density at radius 1 is 1.07 bits per heavy atom. The number of Topliss-reactive ketones (excluding diaryl/α,β-unsaturated/α-hetero) is 1. The van der Waals surface area contributed by atoms with Gasteiger partial charge in [0.2, 0.25) is 0 Å². The Hall–Kier alpha value is -3.32. The van der Waals surface area contributed by atoms with E-state index >= 15 is 0 Å². The summed E-state index contributed by atoms with van der Waals surface area (Å²) in [6.45, 7) is 2.82. The molecule has 7 nitrogen and oxygen atoms in total. The maximum absolute atomic E-state index is 12.9. The van der Waals surface area contributed by atoms with Gasteiger partial charge in [-0.3, -0.25) is 9.59 Å². The second-order valence-corrected chi connectivity index (χ2v) is 6.72. The Bertz CT molecular complexity index is 968. The number of methoxy groups -OCH3 is 2. The molecule has 1 N–H and O–H groups in total. The summed E-state index contributed by atoms with van der Waals surface area (Å²) in [4.78, 5) is 27.1. The average molecular weight is 411 g/mol. The lowest BCUT2D eigenvalue weighted by Crippen LogP contribution is -2.32. The molecule has 0 saturated carbocycles. The Kier molecular flexibility index (Phi) is 6.74. The van der Waals surface area contributed by atoms with Crippen LogP contribution in [0.4, 0.5) is 0 Å². The molecule has 0 aromatic heterocycles. The summed E-state index contributed by atoms with van der Waals surface area (Å²) in [5.41, 5.74) is 1.09. The molecule has 2 aromatic rings. The molecule has 1 saturated heterocycles. The molecule has 1 unspecified atom stereocenters. The maximum atomic E-state index is 12.9. The summed E-state index contributed by atoms with van der Waals surface area (Å²) in [7, 11) is 3.04. The summed E-state index contributed by atoms with van der Waals surface area (Å²) >= 11 is 0. The molecule has 1 heterocycles. The zero-order valence-corrected chi connectivity index (χ0v) is 17.3. The molecule has 158 valence electrons. The number of ether oxygens (including phenoxy) is 3. The van der Waals surface area contributed by atoms with Crippen LogP contribution in [0, 0.1) is 0 Å². The lowest BCUT2D eigenvalue weighted by atomic mass is 9.95. The molecule has 1 amide bonds. The van der Waals surface area contributed by atoms with Crippen molar-refractivity contribution in [1.29, 1.82) is 0 Å². The molecule has 1 fully saturated rings. The fourth-order valence-corrected chi connectivity index (χ4v) is 3.51. The Labute approximate surface area is 175 Å². The van der Waals surface area contributed by atoms with E-state index in [1.807, 2.05) is 6.92 Å². The van der Waals surface area contributed by atoms with Gasteiger partial charge >= 0.3 is 0 Å². The molecule has 0 spiro atoms. The zero-order valence-electron chi connectivity index (χ0n) is 17.3. The number of amides is 1. The van der Waals surface area contributed by atoms with Crippen LogP contribution >= 0.6 is 0 Å². The molecule has 1 aliphatic rings. The lowest BCUT2D eigenvalue weighted by molar-refractivity contribution is -0.140. The summed E-state index contributed by atoms with van der Waals surface area (Å²) in [5.74, 6) is -0.517. The number of rotatable bonds is 8. The monoisotopic (exact) mass is 411 g/mol. The zero-order chi connectivity index (χ0) is 21.7. The molecular weight excluding hydrogens is 386 g/mol. The van der Waals surface area contributed by atoms with Crippen LogP contribution in [0.5, 0.6) is 11.5 Å². The highest BCUT2D eigenvalue weighted by Crippen LogP contribution is 2.40. The number of aliphatic hydroxyl groups is 1. The predicted octanol–water partition coefficient (Wildman–Crippen LogP) is 3.16. The van der Waals surface area contributed by atoms with Crippen molar-refractivity contribution in [3.05, 3.63) is 65.2 Å². The van der Waals surface area contributed by atoms with Gasteiger partial charge in [0.05, 0.1) is 31.9 Å². The summed E-state index contributed by atoms with van der Waals surface area (Å²) < 4.78 is 15.9. The second kappa shape index (κ2) is 9.45. The highest BCUT2D eigenvalue weighted by molar-refractivity contribution is 6.46. The molecular formula is C23H25NO6. The third-order valence-electron chi connectivity index (χ3n) is 4.90. The summed E-state index contributed by atoms with van der Waals surface area (Å²) in [6, 6.07) is 13.1. The number of hydrogen-bond acceptors (Lipinski definition) is 6. The van der Waals surface area contributed by atoms with E-state index in [4.69, 9.17) is 14.2 Å². The third-order valence-corrected chi connectivity index (χ3v) is 4.90. The van der Waals surface area contributed by atoms with Gasteiger partial charge in [0.25, 0.3) is 11.7 Å². The largest absolute Gasteiger partial charge is 0.507 e. The molecule has 3 rings (SSSR count). The van der Waals surface area contributed by atoms with E-state index in [0.717, 1.165) is 0 Å². The van der Waals surface area contributed by atoms with Crippen molar-refractivity contribution in [3.8, 4) is 11.5 Å². The molecule has 2 aromatic carbocycles. The maximum Gasteiger partial charge on any atom is 0.295 e. The SMILES string of the molecule is CCOc1cccc(C2/C(=C(/O)c3cccc(OC)c3)C(=O)C(=O)N2CCOC)c1. The molecule has 7 heteroatoms. The van der Waals surface area contributed by atoms with Crippen LogP contribution < -0.4 is 9.47 Å². The van der Waals surface area contributed by atoms with E-state index in [0.29, 0.717) is 29.2 Å². The normalized spacial score (nSPS) is 18.0. The number of carbonyl (C=O) groups excluding carboxylic acids is 2. The van der Waals surface area contributed by atoms with Gasteiger partial charge in [0.15, 0.2) is 0 Å². The van der Waals surface area contributed by atoms with Crippen molar-refractivity contribution in [1.82, 2.24) is 4.90 Å². The summed E-state index contributed by atoms with van der Waals surface area (Å²) in [5, 5.41) is 11.0. The van der Waals surface area contributed by atoms with Gasteiger partial charge in [0.1, 0.15) is 17.3 Å². The van der Waals surface area contributed by atoms with E-state index in [9.17, 15) is 14.7 Å². The fourth-order valence-electron chi connectivity index (χ4n) is 3.51.